The van der Waals surface area contributed by atoms with Crippen LogP contribution in [0.2, 0.25) is 0 Å². The molecule has 3 unspecified atom stereocenters. The third kappa shape index (κ3) is 5.14. The second kappa shape index (κ2) is 9.95. The van der Waals surface area contributed by atoms with Crippen molar-refractivity contribution in [2.45, 2.75) is 104 Å². The molecular weight excluding hydrogens is 312 g/mol. The van der Waals surface area contributed by atoms with Crippen molar-refractivity contribution >= 4 is 0 Å². The van der Waals surface area contributed by atoms with Crippen molar-refractivity contribution in [3.8, 4) is 0 Å². The molecule has 2 fully saturated rings. The van der Waals surface area contributed by atoms with Gasteiger partial charge in [0, 0.05) is 0 Å². The molecule has 0 bridgehead atoms. The molecule has 2 saturated carbocycles. The molecule has 0 heterocycles. The minimum absolute atomic E-state index is 0.808. The minimum atomic E-state index is 0.808. The zero-order valence-electron chi connectivity index (χ0n) is 17.7. The Balaban J connectivity index is 1.49. The molecule has 0 nitrogen and oxygen atoms in total. The Bertz CT molecular complexity index is 505. The summed E-state index contributed by atoms with van der Waals surface area (Å²) in [5.41, 5.74) is 3.12. The van der Waals surface area contributed by atoms with Crippen molar-refractivity contribution in [2.24, 2.45) is 23.7 Å². The van der Waals surface area contributed by atoms with Crippen LogP contribution in [0.4, 0.5) is 0 Å². The largest absolute Gasteiger partial charge is 0.0654 e. The van der Waals surface area contributed by atoms with E-state index >= 15 is 0 Å². The van der Waals surface area contributed by atoms with Crippen LogP contribution in [-0.2, 0) is 6.42 Å². The molecule has 0 saturated heterocycles. The van der Waals surface area contributed by atoms with Crippen LogP contribution in [0.15, 0.2) is 24.3 Å². The second-order valence-electron chi connectivity index (χ2n) is 9.57. The molecule has 1 aromatic carbocycles. The molecule has 3 atom stereocenters. The number of hydrogen-bond donors (Lipinski definition) is 0. The van der Waals surface area contributed by atoms with Gasteiger partial charge in [0.05, 0.1) is 0 Å². The summed E-state index contributed by atoms with van der Waals surface area (Å²) >= 11 is 0. The Kier molecular flexibility index (Phi) is 7.64. The van der Waals surface area contributed by atoms with E-state index in [1.807, 2.05) is 0 Å². The highest BCUT2D eigenvalue weighted by atomic mass is 14.4. The summed E-state index contributed by atoms with van der Waals surface area (Å²) in [6.07, 6.45) is 17.3. The molecule has 26 heavy (non-hydrogen) atoms. The number of aryl methyl sites for hydroxylation is 1. The van der Waals surface area contributed by atoms with Crippen molar-refractivity contribution in [1.82, 2.24) is 0 Å². The number of benzene rings is 1. The lowest BCUT2D eigenvalue weighted by atomic mass is 9.65. The van der Waals surface area contributed by atoms with E-state index in [9.17, 15) is 0 Å². The lowest BCUT2D eigenvalue weighted by molar-refractivity contribution is 0.130. The smallest absolute Gasteiger partial charge is 0.0136 e. The first-order chi connectivity index (χ1) is 12.7. The molecule has 0 heteroatoms. The lowest BCUT2D eigenvalue weighted by Crippen LogP contribution is -2.29. The van der Waals surface area contributed by atoms with E-state index in [4.69, 9.17) is 0 Å². The maximum Gasteiger partial charge on any atom is -0.0136 e. The fourth-order valence-corrected chi connectivity index (χ4v) is 6.02. The Morgan fingerprint density at radius 1 is 0.808 bits per heavy atom. The van der Waals surface area contributed by atoms with Crippen molar-refractivity contribution in [1.29, 1.82) is 0 Å². The number of hydrogen-bond acceptors (Lipinski definition) is 0. The third-order valence-corrected chi connectivity index (χ3v) is 7.68. The predicted molar refractivity (Wildman–Crippen MR) is 115 cm³/mol. The van der Waals surface area contributed by atoms with Crippen LogP contribution in [0.5, 0.6) is 0 Å². The van der Waals surface area contributed by atoms with Crippen molar-refractivity contribution in [2.75, 3.05) is 0 Å². The van der Waals surface area contributed by atoms with Gasteiger partial charge in [-0.05, 0) is 79.2 Å². The fraction of sp³-hybridized carbons (Fsp3) is 0.769. The summed E-state index contributed by atoms with van der Waals surface area (Å²) in [7, 11) is 0. The fourth-order valence-electron chi connectivity index (χ4n) is 6.02. The normalized spacial score (nSPS) is 32.5. The molecule has 146 valence electrons. The van der Waals surface area contributed by atoms with E-state index in [1.54, 1.807) is 5.56 Å². The standard InChI is InChI=1S/C26H42/c1-4-6-8-22-9-13-23(14-10-22)25-17-18-26(20(3)19-25)24-15-11-21(7-5-2)12-16-24/h11-12,15-16,20,22-23,25-26H,4-10,13-14,17-19H2,1-3H3. The maximum absolute atomic E-state index is 2.53. The SMILES string of the molecule is CCCCC1CCC(C2CCC(c3ccc(CCC)cc3)C(C)C2)CC1. The zero-order valence-corrected chi connectivity index (χ0v) is 17.7. The van der Waals surface area contributed by atoms with Crippen molar-refractivity contribution in [3.63, 3.8) is 0 Å². The van der Waals surface area contributed by atoms with E-state index < -0.39 is 0 Å². The number of rotatable bonds is 7. The molecule has 0 aromatic heterocycles. The van der Waals surface area contributed by atoms with Crippen molar-refractivity contribution < 1.29 is 0 Å². The van der Waals surface area contributed by atoms with Gasteiger partial charge in [-0.25, -0.2) is 0 Å². The first-order valence-corrected chi connectivity index (χ1v) is 11.8. The summed E-state index contributed by atoms with van der Waals surface area (Å²) < 4.78 is 0. The van der Waals surface area contributed by atoms with Gasteiger partial charge in [-0.3, -0.25) is 0 Å². The Labute approximate surface area is 163 Å². The second-order valence-corrected chi connectivity index (χ2v) is 9.57. The van der Waals surface area contributed by atoms with Crippen LogP contribution in [-0.4, -0.2) is 0 Å². The summed E-state index contributed by atoms with van der Waals surface area (Å²) in [5, 5.41) is 0. The van der Waals surface area contributed by atoms with Gasteiger partial charge in [0.2, 0.25) is 0 Å². The van der Waals surface area contributed by atoms with Gasteiger partial charge in [0.1, 0.15) is 0 Å². The molecule has 1 aromatic rings. The highest BCUT2D eigenvalue weighted by Gasteiger charge is 2.34. The molecule has 0 spiro atoms. The van der Waals surface area contributed by atoms with Crippen LogP contribution in [0.1, 0.15) is 108 Å². The van der Waals surface area contributed by atoms with Gasteiger partial charge in [0.15, 0.2) is 0 Å². The summed E-state index contributed by atoms with van der Waals surface area (Å²) in [5.74, 6) is 4.80. The summed E-state index contributed by atoms with van der Waals surface area (Å²) in [6.45, 7) is 7.14. The third-order valence-electron chi connectivity index (χ3n) is 7.68. The Morgan fingerprint density at radius 3 is 2.12 bits per heavy atom. The number of unbranched alkanes of at least 4 members (excludes halogenated alkanes) is 1. The average Bonchev–Trinajstić information content (AvgIpc) is 2.68. The molecule has 0 aliphatic heterocycles. The first kappa shape index (κ1) is 20.0. The predicted octanol–water partition coefficient (Wildman–Crippen LogP) is 8.16. The monoisotopic (exact) mass is 354 g/mol. The van der Waals surface area contributed by atoms with Gasteiger partial charge >= 0.3 is 0 Å². The molecule has 3 rings (SSSR count). The lowest BCUT2D eigenvalue weighted by Gasteiger charge is -2.41. The Hall–Kier alpha value is -0.780. The highest BCUT2D eigenvalue weighted by molar-refractivity contribution is 5.26. The average molecular weight is 355 g/mol. The van der Waals surface area contributed by atoms with Gasteiger partial charge in [-0.1, -0.05) is 83.6 Å². The van der Waals surface area contributed by atoms with Gasteiger partial charge in [0.25, 0.3) is 0 Å². The van der Waals surface area contributed by atoms with E-state index in [1.165, 1.54) is 82.6 Å². The summed E-state index contributed by atoms with van der Waals surface area (Å²) in [6, 6.07) is 9.64. The zero-order chi connectivity index (χ0) is 18.4. The molecular formula is C26H42. The molecule has 2 aliphatic rings. The Morgan fingerprint density at radius 2 is 1.50 bits per heavy atom. The molecule has 0 amide bonds. The topological polar surface area (TPSA) is 0 Å². The summed E-state index contributed by atoms with van der Waals surface area (Å²) in [4.78, 5) is 0. The highest BCUT2D eigenvalue weighted by Crippen LogP contribution is 2.46. The van der Waals surface area contributed by atoms with Crippen LogP contribution >= 0.6 is 0 Å². The van der Waals surface area contributed by atoms with Crippen LogP contribution < -0.4 is 0 Å². The van der Waals surface area contributed by atoms with E-state index in [0.29, 0.717) is 0 Å². The first-order valence-electron chi connectivity index (χ1n) is 11.8. The minimum Gasteiger partial charge on any atom is -0.0654 e. The van der Waals surface area contributed by atoms with E-state index in [0.717, 1.165) is 29.6 Å². The molecule has 0 radical (unpaired) electrons. The van der Waals surface area contributed by atoms with E-state index in [-0.39, 0.29) is 0 Å². The van der Waals surface area contributed by atoms with Crippen LogP contribution in [0, 0.1) is 23.7 Å². The molecule has 2 aliphatic carbocycles. The maximum atomic E-state index is 2.53. The van der Waals surface area contributed by atoms with Gasteiger partial charge in [-0.15, -0.1) is 0 Å². The molecule has 0 N–H and O–H groups in total. The van der Waals surface area contributed by atoms with Crippen LogP contribution in [0.3, 0.4) is 0 Å². The van der Waals surface area contributed by atoms with E-state index in [2.05, 4.69) is 45.0 Å². The van der Waals surface area contributed by atoms with Crippen LogP contribution in [0.25, 0.3) is 0 Å². The van der Waals surface area contributed by atoms with Gasteiger partial charge in [-0.2, -0.15) is 0 Å². The quantitative estimate of drug-likeness (QED) is 0.463. The van der Waals surface area contributed by atoms with Gasteiger partial charge < -0.3 is 0 Å². The van der Waals surface area contributed by atoms with Crippen molar-refractivity contribution in [3.05, 3.63) is 35.4 Å².